The molecule has 5 heteroatoms. The molecule has 0 saturated carbocycles. The van der Waals surface area contributed by atoms with Crippen molar-refractivity contribution in [3.63, 3.8) is 0 Å². The van der Waals surface area contributed by atoms with Crippen LogP contribution in [0.4, 0.5) is 17.1 Å². The Morgan fingerprint density at radius 2 is 1.11 bits per heavy atom. The van der Waals surface area contributed by atoms with Gasteiger partial charge in [-0.2, -0.15) is 0 Å². The van der Waals surface area contributed by atoms with Crippen molar-refractivity contribution in [2.24, 2.45) is 0 Å². The maximum Gasteiger partial charge on any atom is 0.261 e. The molecule has 6 rings (SSSR count). The fourth-order valence-electron chi connectivity index (χ4n) is 5.50. The van der Waals surface area contributed by atoms with Gasteiger partial charge >= 0.3 is 0 Å². The van der Waals surface area contributed by atoms with Crippen molar-refractivity contribution in [1.29, 1.82) is 0 Å². The zero-order valence-corrected chi connectivity index (χ0v) is 21.4. The summed E-state index contributed by atoms with van der Waals surface area (Å²) < 4.78 is 0. The van der Waals surface area contributed by atoms with E-state index in [0.717, 1.165) is 47.8 Å². The SMILES string of the molecule is O=C1c2ccc(-c3ccc(N(c4ccccc4)c4ccccc4)cc3)cc2C(=O)N1CCN1CCCCC1. The van der Waals surface area contributed by atoms with E-state index in [1.807, 2.05) is 48.5 Å². The van der Waals surface area contributed by atoms with Crippen LogP contribution in [0.25, 0.3) is 11.1 Å². The normalized spacial score (nSPS) is 15.5. The Morgan fingerprint density at radius 1 is 0.553 bits per heavy atom. The van der Waals surface area contributed by atoms with Gasteiger partial charge in [0.1, 0.15) is 0 Å². The smallest absolute Gasteiger partial charge is 0.261 e. The highest BCUT2D eigenvalue weighted by atomic mass is 16.2. The number of anilines is 3. The highest BCUT2D eigenvalue weighted by molar-refractivity contribution is 6.21. The van der Waals surface area contributed by atoms with Crippen LogP contribution in [-0.2, 0) is 0 Å². The van der Waals surface area contributed by atoms with Gasteiger partial charge in [-0.25, -0.2) is 0 Å². The number of rotatable bonds is 7. The third-order valence-electron chi connectivity index (χ3n) is 7.55. The van der Waals surface area contributed by atoms with Crippen molar-refractivity contribution in [1.82, 2.24) is 9.80 Å². The Kier molecular flexibility index (Phi) is 6.76. The van der Waals surface area contributed by atoms with Crippen LogP contribution in [0.1, 0.15) is 40.0 Å². The molecule has 1 fully saturated rings. The second-order valence-corrected chi connectivity index (χ2v) is 9.98. The molecule has 2 amide bonds. The predicted octanol–water partition coefficient (Wildman–Crippen LogP) is 6.91. The lowest BCUT2D eigenvalue weighted by Gasteiger charge is -2.27. The summed E-state index contributed by atoms with van der Waals surface area (Å²) >= 11 is 0. The molecule has 0 N–H and O–H groups in total. The first-order chi connectivity index (χ1) is 18.7. The standard InChI is InChI=1S/C33H31N3O2/c37-32-30-19-16-26(24-31(30)33(38)35(32)23-22-34-20-8-3-9-21-34)25-14-17-29(18-15-25)36(27-10-4-1-5-11-27)28-12-6-2-7-13-28/h1-2,4-7,10-19,24H,3,8-9,20-23H2. The molecule has 0 atom stereocenters. The summed E-state index contributed by atoms with van der Waals surface area (Å²) in [5, 5.41) is 0. The molecule has 2 aliphatic heterocycles. The summed E-state index contributed by atoms with van der Waals surface area (Å²) in [6.07, 6.45) is 3.65. The molecule has 4 aromatic rings. The minimum Gasteiger partial charge on any atom is -0.311 e. The summed E-state index contributed by atoms with van der Waals surface area (Å²) in [4.78, 5) is 32.2. The van der Waals surface area contributed by atoms with E-state index >= 15 is 0 Å². The molecule has 0 aromatic heterocycles. The predicted molar refractivity (Wildman–Crippen MR) is 152 cm³/mol. The maximum absolute atomic E-state index is 13.2. The third kappa shape index (κ3) is 4.73. The number of carbonyl (C=O) groups excluding carboxylic acids is 2. The number of nitrogens with zero attached hydrogens (tertiary/aromatic N) is 3. The van der Waals surface area contributed by atoms with Gasteiger partial charge in [-0.1, -0.05) is 61.0 Å². The van der Waals surface area contributed by atoms with E-state index in [2.05, 4.69) is 58.3 Å². The van der Waals surface area contributed by atoms with E-state index in [-0.39, 0.29) is 11.8 Å². The van der Waals surface area contributed by atoms with Crippen LogP contribution in [-0.4, -0.2) is 47.8 Å². The van der Waals surface area contributed by atoms with Gasteiger partial charge in [-0.15, -0.1) is 0 Å². The van der Waals surface area contributed by atoms with Crippen LogP contribution in [0.2, 0.25) is 0 Å². The summed E-state index contributed by atoms with van der Waals surface area (Å²) in [6, 6.07) is 34.6. The number of piperidine rings is 1. The van der Waals surface area contributed by atoms with E-state index in [4.69, 9.17) is 0 Å². The Morgan fingerprint density at radius 3 is 1.74 bits per heavy atom. The van der Waals surface area contributed by atoms with Crippen LogP contribution in [0, 0.1) is 0 Å². The van der Waals surface area contributed by atoms with Gasteiger partial charge in [-0.05, 0) is 85.6 Å². The van der Waals surface area contributed by atoms with Crippen LogP contribution >= 0.6 is 0 Å². The summed E-state index contributed by atoms with van der Waals surface area (Å²) in [5.74, 6) is -0.356. The molecule has 0 spiro atoms. The number of para-hydroxylation sites is 2. The Hall–Kier alpha value is -4.22. The largest absolute Gasteiger partial charge is 0.311 e. The van der Waals surface area contributed by atoms with Crippen LogP contribution < -0.4 is 4.90 Å². The van der Waals surface area contributed by atoms with Gasteiger partial charge < -0.3 is 9.80 Å². The number of imide groups is 1. The summed E-state index contributed by atoms with van der Waals surface area (Å²) in [6.45, 7) is 3.30. The van der Waals surface area contributed by atoms with E-state index < -0.39 is 0 Å². The molecule has 190 valence electrons. The van der Waals surface area contributed by atoms with Crippen molar-refractivity contribution in [2.45, 2.75) is 19.3 Å². The molecule has 0 unspecified atom stereocenters. The highest BCUT2D eigenvalue weighted by Crippen LogP contribution is 2.36. The van der Waals surface area contributed by atoms with Gasteiger partial charge in [0, 0.05) is 30.2 Å². The number of likely N-dealkylation sites (tertiary alicyclic amines) is 1. The van der Waals surface area contributed by atoms with Crippen LogP contribution in [0.5, 0.6) is 0 Å². The van der Waals surface area contributed by atoms with Crippen LogP contribution in [0.3, 0.4) is 0 Å². The number of benzene rings is 4. The molecule has 38 heavy (non-hydrogen) atoms. The zero-order chi connectivity index (χ0) is 25.9. The quantitative estimate of drug-likeness (QED) is 0.258. The Labute approximate surface area is 223 Å². The van der Waals surface area contributed by atoms with E-state index in [0.29, 0.717) is 17.7 Å². The minimum atomic E-state index is -0.181. The Balaban J connectivity index is 1.24. The molecular weight excluding hydrogens is 470 g/mol. The number of hydrogen-bond acceptors (Lipinski definition) is 4. The first kappa shape index (κ1) is 24.1. The lowest BCUT2D eigenvalue weighted by atomic mass is 10.00. The maximum atomic E-state index is 13.2. The first-order valence-corrected chi connectivity index (χ1v) is 13.4. The lowest BCUT2D eigenvalue weighted by Crippen LogP contribution is -2.40. The lowest BCUT2D eigenvalue weighted by molar-refractivity contribution is 0.0631. The molecule has 0 aliphatic carbocycles. The third-order valence-corrected chi connectivity index (χ3v) is 7.55. The number of carbonyl (C=O) groups is 2. The first-order valence-electron chi connectivity index (χ1n) is 13.4. The van der Waals surface area contributed by atoms with Crippen LogP contribution in [0.15, 0.2) is 103 Å². The number of hydrogen-bond donors (Lipinski definition) is 0. The molecule has 1 saturated heterocycles. The minimum absolute atomic E-state index is 0.176. The fourth-order valence-corrected chi connectivity index (χ4v) is 5.50. The average Bonchev–Trinajstić information content (AvgIpc) is 3.22. The van der Waals surface area contributed by atoms with Gasteiger partial charge in [0.2, 0.25) is 0 Å². The van der Waals surface area contributed by atoms with E-state index in [1.165, 1.54) is 24.2 Å². The van der Waals surface area contributed by atoms with Crippen molar-refractivity contribution in [2.75, 3.05) is 31.1 Å². The zero-order valence-electron chi connectivity index (χ0n) is 21.4. The topological polar surface area (TPSA) is 43.9 Å². The van der Waals surface area contributed by atoms with Gasteiger partial charge in [0.05, 0.1) is 11.1 Å². The molecule has 2 aliphatic rings. The second kappa shape index (κ2) is 10.6. The van der Waals surface area contributed by atoms with Gasteiger partial charge in [0.25, 0.3) is 11.8 Å². The molecular formula is C33H31N3O2. The number of amides is 2. The molecule has 4 aromatic carbocycles. The second-order valence-electron chi connectivity index (χ2n) is 9.98. The van der Waals surface area contributed by atoms with Crippen molar-refractivity contribution in [3.05, 3.63) is 114 Å². The monoisotopic (exact) mass is 501 g/mol. The molecule has 0 bridgehead atoms. The summed E-state index contributed by atoms with van der Waals surface area (Å²) in [5.41, 5.74) is 6.15. The fraction of sp³-hybridized carbons (Fsp3) is 0.212. The molecule has 2 heterocycles. The van der Waals surface area contributed by atoms with Crippen molar-refractivity contribution < 1.29 is 9.59 Å². The van der Waals surface area contributed by atoms with Gasteiger partial charge in [-0.3, -0.25) is 14.5 Å². The summed E-state index contributed by atoms with van der Waals surface area (Å²) in [7, 11) is 0. The molecule has 0 radical (unpaired) electrons. The highest BCUT2D eigenvalue weighted by Gasteiger charge is 2.35. The van der Waals surface area contributed by atoms with E-state index in [9.17, 15) is 9.59 Å². The van der Waals surface area contributed by atoms with E-state index in [1.54, 1.807) is 6.07 Å². The van der Waals surface area contributed by atoms with Gasteiger partial charge in [0.15, 0.2) is 0 Å². The average molecular weight is 502 g/mol. The number of fused-ring (bicyclic) bond motifs is 1. The molecule has 5 nitrogen and oxygen atoms in total. The van der Waals surface area contributed by atoms with Crippen molar-refractivity contribution >= 4 is 28.9 Å². The van der Waals surface area contributed by atoms with Crippen molar-refractivity contribution in [3.8, 4) is 11.1 Å². The Bertz CT molecular complexity index is 1390.